The molecule has 13 nitrogen and oxygen atoms in total. The zero-order chi connectivity index (χ0) is 39.6. The standard InChI is InChI=1S/C43H56N6O7/c1-6-39(53)21-25-22-42(38(52)56-5,33-27(13-17-48(23-25)24-39)26-11-8-9-12-30(26)45-33)29-19-28-31(20-32(29)55-4)47(3)35-41(28)15-18-49-16-10-14-40(7-2,34(41)49)36(50)43(35,54)37(51)46-44/h8-12,14,19-20,25,34-36,45,50,53-54H,6-7,13,15-18,21-24,44H2,1-5H3,(H,46,51)/t25-,34?,35?,36+,39-,40+,41?,42-,43-/m0/s1. The van der Waals surface area contributed by atoms with Crippen LogP contribution in [0.4, 0.5) is 5.69 Å². The number of hydrogen-bond acceptors (Lipinski definition) is 11. The van der Waals surface area contributed by atoms with Gasteiger partial charge in [0.25, 0.3) is 5.91 Å². The molecule has 1 aliphatic carbocycles. The highest BCUT2D eigenvalue weighted by Crippen LogP contribution is 2.67. The Kier molecular flexibility index (Phi) is 8.56. The lowest BCUT2D eigenvalue weighted by Gasteiger charge is -2.63. The molecule has 1 aromatic heterocycles. The third-order valence-corrected chi connectivity index (χ3v) is 15.3. The fourth-order valence-electron chi connectivity index (χ4n) is 13.1. The van der Waals surface area contributed by atoms with Crippen molar-refractivity contribution in [1.82, 2.24) is 20.2 Å². The fraction of sp³-hybridized carbons (Fsp3) is 0.581. The number of aromatic amines is 1. The van der Waals surface area contributed by atoms with Gasteiger partial charge in [0, 0.05) is 84.0 Å². The predicted octanol–water partition coefficient (Wildman–Crippen LogP) is 2.24. The Bertz CT molecular complexity index is 2140. The molecule has 4 unspecified atom stereocenters. The molecule has 1 spiro atoms. The number of ether oxygens (including phenoxy) is 2. The first kappa shape index (κ1) is 37.6. The van der Waals surface area contributed by atoms with Gasteiger partial charge in [-0.1, -0.05) is 44.2 Å². The number of amides is 1. The molecule has 2 bridgehead atoms. The van der Waals surface area contributed by atoms with Crippen molar-refractivity contribution in [1.29, 1.82) is 0 Å². The summed E-state index contributed by atoms with van der Waals surface area (Å²) >= 11 is 0. The maximum Gasteiger partial charge on any atom is 0.322 e. The summed E-state index contributed by atoms with van der Waals surface area (Å²) in [4.78, 5) is 39.7. The molecular formula is C43H56N6O7. The molecule has 3 aromatic rings. The molecule has 300 valence electrons. The van der Waals surface area contributed by atoms with Gasteiger partial charge in [0.1, 0.15) is 17.3 Å². The number of rotatable bonds is 6. The molecule has 0 radical (unpaired) electrons. The van der Waals surface area contributed by atoms with E-state index in [0.717, 1.165) is 40.0 Å². The van der Waals surface area contributed by atoms with Crippen LogP contribution in [0.3, 0.4) is 0 Å². The van der Waals surface area contributed by atoms with E-state index in [1.165, 1.54) is 7.11 Å². The molecule has 2 saturated heterocycles. The number of benzene rings is 2. The topological polar surface area (TPSA) is 177 Å². The zero-order valence-corrected chi connectivity index (χ0v) is 33.1. The second kappa shape index (κ2) is 12.8. The highest BCUT2D eigenvalue weighted by Gasteiger charge is 2.78. The minimum atomic E-state index is -2.31. The minimum absolute atomic E-state index is 0.0851. The van der Waals surface area contributed by atoms with Gasteiger partial charge in [-0.15, -0.1) is 0 Å². The number of fused-ring (bicyclic) bond motifs is 6. The van der Waals surface area contributed by atoms with Crippen molar-refractivity contribution < 1.29 is 34.4 Å². The number of carbonyl (C=O) groups is 2. The number of hydrogen-bond donors (Lipinski definition) is 6. The SMILES string of the molecule is CC[C@]1(O)C[C@@H]2CN(CCc3c([nH]c4ccccc34)[C@@](C(=O)OC)(c3cc4c(cc3OC)N(C)C3C45CCN4CC=C[C@](CC)(C45)[C@@H](O)[C@]3(O)C(=O)NN)C2)C1. The van der Waals surface area contributed by atoms with Gasteiger partial charge in [-0.25, -0.2) is 5.84 Å². The van der Waals surface area contributed by atoms with Crippen molar-refractivity contribution in [2.75, 3.05) is 58.9 Å². The highest BCUT2D eigenvalue weighted by molar-refractivity contribution is 5.95. The van der Waals surface area contributed by atoms with E-state index in [4.69, 9.17) is 15.3 Å². The van der Waals surface area contributed by atoms with E-state index in [2.05, 4.69) is 32.3 Å². The van der Waals surface area contributed by atoms with Crippen LogP contribution in [0, 0.1) is 11.3 Å². The first-order valence-electron chi connectivity index (χ1n) is 20.3. The summed E-state index contributed by atoms with van der Waals surface area (Å²) in [6.07, 6.45) is 5.73. The molecule has 10 atom stereocenters. The Labute approximate surface area is 327 Å². The van der Waals surface area contributed by atoms with Crippen LogP contribution >= 0.6 is 0 Å². The number of esters is 1. The van der Waals surface area contributed by atoms with Crippen LogP contribution in [0.25, 0.3) is 10.9 Å². The van der Waals surface area contributed by atoms with E-state index in [0.29, 0.717) is 76.0 Å². The maximum atomic E-state index is 15.2. The second-order valence-electron chi connectivity index (χ2n) is 17.6. The van der Waals surface area contributed by atoms with Gasteiger partial charge in [0.15, 0.2) is 5.60 Å². The van der Waals surface area contributed by atoms with Crippen molar-refractivity contribution >= 4 is 28.5 Å². The third-order valence-electron chi connectivity index (χ3n) is 15.3. The van der Waals surface area contributed by atoms with E-state index >= 15 is 4.79 Å². The number of methoxy groups -OCH3 is 2. The number of aliphatic hydroxyl groups is 3. The fourth-order valence-corrected chi connectivity index (χ4v) is 13.1. The molecule has 6 heterocycles. The Morgan fingerprint density at radius 1 is 1.05 bits per heavy atom. The van der Waals surface area contributed by atoms with Crippen LogP contribution in [0.15, 0.2) is 48.6 Å². The zero-order valence-electron chi connectivity index (χ0n) is 33.1. The first-order valence-corrected chi connectivity index (χ1v) is 20.3. The van der Waals surface area contributed by atoms with Crippen molar-refractivity contribution in [3.05, 3.63) is 70.9 Å². The number of anilines is 1. The Morgan fingerprint density at radius 2 is 1.84 bits per heavy atom. The van der Waals surface area contributed by atoms with Crippen molar-refractivity contribution in [2.24, 2.45) is 17.2 Å². The summed E-state index contributed by atoms with van der Waals surface area (Å²) in [5.74, 6) is 4.94. The molecule has 3 fully saturated rings. The van der Waals surface area contributed by atoms with E-state index in [1.54, 1.807) is 7.11 Å². The summed E-state index contributed by atoms with van der Waals surface area (Å²) in [6.45, 7) is 7.36. The molecule has 6 aliphatic rings. The van der Waals surface area contributed by atoms with Gasteiger partial charge in [0.05, 0.1) is 25.9 Å². The largest absolute Gasteiger partial charge is 0.496 e. The van der Waals surface area contributed by atoms with Crippen molar-refractivity contribution in [3.8, 4) is 5.75 Å². The summed E-state index contributed by atoms with van der Waals surface area (Å²) in [7, 11) is 4.89. The van der Waals surface area contributed by atoms with E-state index in [1.807, 2.05) is 62.2 Å². The molecule has 1 saturated carbocycles. The number of aliphatic hydroxyl groups excluding tert-OH is 1. The molecule has 1 amide bonds. The maximum absolute atomic E-state index is 15.2. The van der Waals surface area contributed by atoms with Gasteiger partial charge >= 0.3 is 5.97 Å². The van der Waals surface area contributed by atoms with E-state index in [-0.39, 0.29) is 12.0 Å². The average Bonchev–Trinajstić information content (AvgIpc) is 3.87. The third kappa shape index (κ3) is 4.58. The minimum Gasteiger partial charge on any atom is -0.496 e. The first-order chi connectivity index (χ1) is 26.8. The quantitative estimate of drug-likeness (QED) is 0.0714. The number of piperidine rings is 1. The van der Waals surface area contributed by atoms with Crippen LogP contribution in [0.5, 0.6) is 5.75 Å². The van der Waals surface area contributed by atoms with E-state index in [9.17, 15) is 20.1 Å². The lowest BCUT2D eigenvalue weighted by atomic mass is 9.47. The number of carbonyl (C=O) groups excluding carboxylic acids is 2. The Balaban J connectivity index is 1.36. The highest BCUT2D eigenvalue weighted by atomic mass is 16.5. The molecule has 2 aromatic carbocycles. The van der Waals surface area contributed by atoms with Gasteiger partial charge in [-0.2, -0.15) is 0 Å². The number of hydrazine groups is 1. The van der Waals surface area contributed by atoms with Gasteiger partial charge in [0.2, 0.25) is 0 Å². The Morgan fingerprint density at radius 3 is 2.55 bits per heavy atom. The van der Waals surface area contributed by atoms with Crippen LogP contribution in [0.1, 0.15) is 68.3 Å². The average molecular weight is 769 g/mol. The van der Waals surface area contributed by atoms with Crippen LogP contribution in [0.2, 0.25) is 0 Å². The molecular weight excluding hydrogens is 713 g/mol. The van der Waals surface area contributed by atoms with Crippen molar-refractivity contribution in [2.45, 2.75) is 92.6 Å². The number of para-hydroxylation sites is 1. The molecule has 13 heteroatoms. The van der Waals surface area contributed by atoms with Crippen LogP contribution in [-0.2, 0) is 31.6 Å². The molecule has 7 N–H and O–H groups in total. The normalized spacial score (nSPS) is 38.4. The van der Waals surface area contributed by atoms with Gasteiger partial charge in [-0.05, 0) is 74.2 Å². The second-order valence-corrected chi connectivity index (χ2v) is 17.6. The van der Waals surface area contributed by atoms with E-state index < -0.39 is 51.5 Å². The lowest BCUT2D eigenvalue weighted by molar-refractivity contribution is -0.203. The summed E-state index contributed by atoms with van der Waals surface area (Å²) in [5.41, 5.74) is 0.683. The lowest BCUT2D eigenvalue weighted by Crippen LogP contribution is -2.82. The summed E-state index contributed by atoms with van der Waals surface area (Å²) in [6, 6.07) is 11.0. The summed E-state index contributed by atoms with van der Waals surface area (Å²) in [5, 5.41) is 38.3. The molecule has 5 aliphatic heterocycles. The number of nitrogens with one attached hydrogen (secondary N) is 2. The number of nitrogens with two attached hydrogens (primary N) is 1. The number of likely N-dealkylation sites (N-methyl/N-ethyl adjacent to an activating group) is 1. The smallest absolute Gasteiger partial charge is 0.322 e. The molecule has 9 rings (SSSR count). The molecule has 56 heavy (non-hydrogen) atoms. The predicted molar refractivity (Wildman–Crippen MR) is 211 cm³/mol. The monoisotopic (exact) mass is 768 g/mol. The van der Waals surface area contributed by atoms with Crippen LogP contribution in [-0.4, -0.2) is 125 Å². The summed E-state index contributed by atoms with van der Waals surface area (Å²) < 4.78 is 12.2. The van der Waals surface area contributed by atoms with Gasteiger partial charge in [-0.3, -0.25) is 24.8 Å². The van der Waals surface area contributed by atoms with Gasteiger partial charge < -0.3 is 34.7 Å². The van der Waals surface area contributed by atoms with Crippen molar-refractivity contribution in [3.63, 3.8) is 0 Å². The van der Waals surface area contributed by atoms with Crippen LogP contribution < -0.4 is 20.9 Å². The number of aromatic nitrogens is 1. The Hall–Kier alpha value is -3.98. The number of nitrogens with zero attached hydrogens (tertiary/aromatic N) is 3. The number of H-pyrrole nitrogens is 1.